The van der Waals surface area contributed by atoms with Crippen LogP contribution in [0.25, 0.3) is 0 Å². The summed E-state index contributed by atoms with van der Waals surface area (Å²) in [6, 6.07) is 16.8. The number of nitrogens with zero attached hydrogens (tertiary/aromatic N) is 2. The van der Waals surface area contributed by atoms with Crippen LogP contribution in [0.4, 0.5) is 5.69 Å². The largest absolute Gasteiger partial charge is 0.310 e. The molecule has 0 bridgehead atoms. The van der Waals surface area contributed by atoms with Gasteiger partial charge in [0, 0.05) is 12.6 Å². The molecule has 0 atom stereocenters. The second kappa shape index (κ2) is 6.23. The summed E-state index contributed by atoms with van der Waals surface area (Å²) in [7, 11) is 1.69. The molecule has 0 aliphatic rings. The highest BCUT2D eigenvalue weighted by Crippen LogP contribution is 2.21. The van der Waals surface area contributed by atoms with Gasteiger partial charge in [0.2, 0.25) is 0 Å². The molecular formula is C18H18N2O. The van der Waals surface area contributed by atoms with Crippen molar-refractivity contribution < 1.29 is 4.79 Å². The Morgan fingerprint density at radius 2 is 1.71 bits per heavy atom. The molecule has 0 N–H and O–H groups in total. The third-order valence-corrected chi connectivity index (χ3v) is 3.51. The smallest absolute Gasteiger partial charge is 0.258 e. The Morgan fingerprint density at radius 1 is 1.10 bits per heavy atom. The van der Waals surface area contributed by atoms with Crippen molar-refractivity contribution in [2.24, 2.45) is 0 Å². The van der Waals surface area contributed by atoms with Crippen LogP contribution in [0.2, 0.25) is 0 Å². The summed E-state index contributed by atoms with van der Waals surface area (Å²) < 4.78 is 0. The molecule has 0 spiro atoms. The van der Waals surface area contributed by atoms with Crippen molar-refractivity contribution >= 4 is 11.6 Å². The van der Waals surface area contributed by atoms with Gasteiger partial charge in [0.15, 0.2) is 0 Å². The normalized spacial score (nSPS) is 10.2. The van der Waals surface area contributed by atoms with Gasteiger partial charge >= 0.3 is 0 Å². The SMILES string of the molecule is CC(C)c1ccc(C(=O)N(C)c2ccccc2C#N)cc1. The van der Waals surface area contributed by atoms with Crippen LogP contribution in [0.15, 0.2) is 48.5 Å². The molecule has 0 unspecified atom stereocenters. The molecule has 0 saturated heterocycles. The Balaban J connectivity index is 2.29. The van der Waals surface area contributed by atoms with E-state index in [9.17, 15) is 4.79 Å². The molecule has 3 heteroatoms. The molecule has 0 aliphatic heterocycles. The van der Waals surface area contributed by atoms with Crippen molar-refractivity contribution in [1.82, 2.24) is 0 Å². The van der Waals surface area contributed by atoms with Gasteiger partial charge in [-0.1, -0.05) is 38.1 Å². The summed E-state index contributed by atoms with van der Waals surface area (Å²) in [6.45, 7) is 4.23. The van der Waals surface area contributed by atoms with Gasteiger partial charge in [-0.3, -0.25) is 4.79 Å². The number of rotatable bonds is 3. The van der Waals surface area contributed by atoms with Crippen LogP contribution in [-0.4, -0.2) is 13.0 Å². The van der Waals surface area contributed by atoms with E-state index in [0.29, 0.717) is 22.7 Å². The maximum absolute atomic E-state index is 12.5. The second-order valence-electron chi connectivity index (χ2n) is 5.27. The quantitative estimate of drug-likeness (QED) is 0.853. The van der Waals surface area contributed by atoms with Crippen molar-refractivity contribution in [2.45, 2.75) is 19.8 Å². The summed E-state index contributed by atoms with van der Waals surface area (Å²) in [6.07, 6.45) is 0. The van der Waals surface area contributed by atoms with Gasteiger partial charge in [0.05, 0.1) is 11.3 Å². The van der Waals surface area contributed by atoms with Crippen LogP contribution in [0.5, 0.6) is 0 Å². The summed E-state index contributed by atoms with van der Waals surface area (Å²) in [4.78, 5) is 14.0. The van der Waals surface area contributed by atoms with Gasteiger partial charge in [-0.25, -0.2) is 0 Å². The lowest BCUT2D eigenvalue weighted by Crippen LogP contribution is -2.26. The second-order valence-corrected chi connectivity index (χ2v) is 5.27. The van der Waals surface area contributed by atoms with E-state index in [1.54, 1.807) is 25.2 Å². The van der Waals surface area contributed by atoms with Gasteiger partial charge in [-0.05, 0) is 35.7 Å². The topological polar surface area (TPSA) is 44.1 Å². The molecule has 21 heavy (non-hydrogen) atoms. The molecule has 3 nitrogen and oxygen atoms in total. The predicted molar refractivity (Wildman–Crippen MR) is 84.4 cm³/mol. The highest BCUT2D eigenvalue weighted by atomic mass is 16.2. The average Bonchev–Trinajstić information content (AvgIpc) is 2.53. The maximum Gasteiger partial charge on any atom is 0.258 e. The van der Waals surface area contributed by atoms with Crippen LogP contribution >= 0.6 is 0 Å². The van der Waals surface area contributed by atoms with Gasteiger partial charge in [-0.2, -0.15) is 5.26 Å². The molecule has 106 valence electrons. The number of amides is 1. The minimum absolute atomic E-state index is 0.118. The lowest BCUT2D eigenvalue weighted by molar-refractivity contribution is 0.0993. The van der Waals surface area contributed by atoms with Crippen molar-refractivity contribution in [2.75, 3.05) is 11.9 Å². The molecule has 0 saturated carbocycles. The van der Waals surface area contributed by atoms with Crippen LogP contribution in [0.1, 0.15) is 41.3 Å². The summed E-state index contributed by atoms with van der Waals surface area (Å²) in [5, 5.41) is 9.13. The van der Waals surface area contributed by atoms with Gasteiger partial charge in [-0.15, -0.1) is 0 Å². The number of para-hydroxylation sites is 1. The fourth-order valence-electron chi connectivity index (χ4n) is 2.17. The first-order valence-corrected chi connectivity index (χ1v) is 6.91. The summed E-state index contributed by atoms with van der Waals surface area (Å²) >= 11 is 0. The minimum atomic E-state index is -0.118. The fraction of sp³-hybridized carbons (Fsp3) is 0.222. The van der Waals surface area contributed by atoms with Crippen LogP contribution in [0, 0.1) is 11.3 Å². The number of carbonyl (C=O) groups excluding carboxylic acids is 1. The molecule has 2 aromatic rings. The maximum atomic E-state index is 12.5. The number of hydrogen-bond donors (Lipinski definition) is 0. The Bertz CT molecular complexity index is 681. The molecule has 0 fully saturated rings. The zero-order valence-electron chi connectivity index (χ0n) is 12.5. The Morgan fingerprint density at radius 3 is 2.29 bits per heavy atom. The lowest BCUT2D eigenvalue weighted by atomic mass is 10.0. The van der Waals surface area contributed by atoms with Crippen LogP contribution in [0.3, 0.4) is 0 Å². The third kappa shape index (κ3) is 3.11. The number of carbonyl (C=O) groups is 1. The first-order valence-electron chi connectivity index (χ1n) is 6.91. The molecular weight excluding hydrogens is 260 g/mol. The monoisotopic (exact) mass is 278 g/mol. The van der Waals surface area contributed by atoms with Gasteiger partial charge < -0.3 is 4.90 Å². The first-order chi connectivity index (χ1) is 10.0. The summed E-state index contributed by atoms with van der Waals surface area (Å²) in [5.74, 6) is 0.319. The number of hydrogen-bond acceptors (Lipinski definition) is 2. The Hall–Kier alpha value is -2.60. The first kappa shape index (κ1) is 14.8. The van der Waals surface area contributed by atoms with Crippen LogP contribution in [-0.2, 0) is 0 Å². The van der Waals surface area contributed by atoms with E-state index in [4.69, 9.17) is 5.26 Å². The molecule has 0 heterocycles. The van der Waals surface area contributed by atoms with Gasteiger partial charge in [0.1, 0.15) is 6.07 Å². The van der Waals surface area contributed by atoms with E-state index in [1.807, 2.05) is 30.3 Å². The molecule has 2 aromatic carbocycles. The molecule has 0 aromatic heterocycles. The third-order valence-electron chi connectivity index (χ3n) is 3.51. The Kier molecular flexibility index (Phi) is 4.39. The van der Waals surface area contributed by atoms with Crippen molar-refractivity contribution in [3.05, 3.63) is 65.2 Å². The molecule has 0 aliphatic carbocycles. The minimum Gasteiger partial charge on any atom is -0.310 e. The van der Waals surface area contributed by atoms with E-state index < -0.39 is 0 Å². The molecule has 0 radical (unpaired) electrons. The molecule has 1 amide bonds. The zero-order valence-corrected chi connectivity index (χ0v) is 12.5. The van der Waals surface area contributed by atoms with Crippen molar-refractivity contribution in [3.63, 3.8) is 0 Å². The van der Waals surface area contributed by atoms with E-state index in [0.717, 1.165) is 0 Å². The Labute approximate surface area is 125 Å². The van der Waals surface area contributed by atoms with E-state index in [-0.39, 0.29) is 5.91 Å². The number of anilines is 1. The van der Waals surface area contributed by atoms with Crippen LogP contribution < -0.4 is 4.90 Å². The van der Waals surface area contributed by atoms with E-state index in [2.05, 4.69) is 19.9 Å². The van der Waals surface area contributed by atoms with Crippen molar-refractivity contribution in [3.8, 4) is 6.07 Å². The highest BCUT2D eigenvalue weighted by Gasteiger charge is 2.16. The van der Waals surface area contributed by atoms with E-state index >= 15 is 0 Å². The van der Waals surface area contributed by atoms with Crippen molar-refractivity contribution in [1.29, 1.82) is 5.26 Å². The molecule has 2 rings (SSSR count). The average molecular weight is 278 g/mol. The van der Waals surface area contributed by atoms with Gasteiger partial charge in [0.25, 0.3) is 5.91 Å². The summed E-state index contributed by atoms with van der Waals surface area (Å²) in [5.41, 5.74) is 2.94. The predicted octanol–water partition coefficient (Wildman–Crippen LogP) is 3.96. The highest BCUT2D eigenvalue weighted by molar-refractivity contribution is 6.06. The fourth-order valence-corrected chi connectivity index (χ4v) is 2.17. The lowest BCUT2D eigenvalue weighted by Gasteiger charge is -2.19. The van der Waals surface area contributed by atoms with E-state index in [1.165, 1.54) is 10.5 Å². The number of benzene rings is 2. The standard InChI is InChI=1S/C18H18N2O/c1-13(2)14-8-10-15(11-9-14)18(21)20(3)17-7-5-4-6-16(17)12-19/h4-11,13H,1-3H3. The zero-order chi connectivity index (χ0) is 15.4. The number of nitriles is 1.